The maximum Gasteiger partial charge on any atom is 0.0361 e. The second-order valence-corrected chi connectivity index (χ2v) is 16.8. The van der Waals surface area contributed by atoms with Gasteiger partial charge in [-0.25, -0.2) is 0 Å². The van der Waals surface area contributed by atoms with E-state index in [2.05, 4.69) is 164 Å². The third-order valence-electron chi connectivity index (χ3n) is 10.6. The maximum atomic E-state index is 2.51. The molecule has 0 N–H and O–H groups in total. The molecule has 7 aromatic carbocycles. The molecule has 0 fully saturated rings. The molecule has 0 amide bonds. The lowest BCUT2D eigenvalue weighted by Gasteiger charge is -2.20. The molecule has 0 radical (unpaired) electrons. The van der Waals surface area contributed by atoms with Crippen LogP contribution in [0, 0.1) is 0 Å². The predicted molar refractivity (Wildman–Crippen MR) is 227 cm³/mol. The van der Waals surface area contributed by atoms with Gasteiger partial charge >= 0.3 is 0 Å². The smallest absolute Gasteiger partial charge is 0.0361 e. The third kappa shape index (κ3) is 4.77. The molecule has 0 bridgehead atoms. The normalized spacial score (nSPS) is 14.8. The van der Waals surface area contributed by atoms with Crippen molar-refractivity contribution in [2.45, 2.75) is 12.3 Å². The average Bonchev–Trinajstić information content (AvgIpc) is 3.88. The SMILES string of the molecule is C1=CC(c2ccc3c(c2)sc2ccccc23)=CC(c2cc(-c3cccc4sc5ccccc5c34)cc(-c3cccc4sc5ccccc5c34)c2)C1. The van der Waals surface area contributed by atoms with E-state index in [-0.39, 0.29) is 5.92 Å². The first kappa shape index (κ1) is 29.4. The van der Waals surface area contributed by atoms with Crippen molar-refractivity contribution < 1.29 is 0 Å². The minimum atomic E-state index is 0.263. The van der Waals surface area contributed by atoms with Crippen LogP contribution in [0.4, 0.5) is 0 Å². The van der Waals surface area contributed by atoms with Gasteiger partial charge in [0, 0.05) is 66.4 Å². The van der Waals surface area contributed by atoms with E-state index in [4.69, 9.17) is 0 Å². The van der Waals surface area contributed by atoms with Crippen LogP contribution in [0.1, 0.15) is 23.5 Å². The van der Waals surface area contributed by atoms with Gasteiger partial charge in [0.25, 0.3) is 0 Å². The molecule has 0 saturated heterocycles. The van der Waals surface area contributed by atoms with Gasteiger partial charge in [-0.3, -0.25) is 0 Å². The third-order valence-corrected chi connectivity index (χ3v) is 14.0. The van der Waals surface area contributed by atoms with Crippen molar-refractivity contribution in [3.63, 3.8) is 0 Å². The highest BCUT2D eigenvalue weighted by Crippen LogP contribution is 2.45. The van der Waals surface area contributed by atoms with E-state index >= 15 is 0 Å². The lowest BCUT2D eigenvalue weighted by molar-refractivity contribution is 0.858. The summed E-state index contributed by atoms with van der Waals surface area (Å²) in [5, 5.41) is 8.09. The summed E-state index contributed by atoms with van der Waals surface area (Å²) in [5.41, 5.74) is 9.13. The highest BCUT2D eigenvalue weighted by molar-refractivity contribution is 7.26. The number of hydrogen-bond donors (Lipinski definition) is 0. The highest BCUT2D eigenvalue weighted by Gasteiger charge is 2.20. The molecular weight excluding hydrogens is 673 g/mol. The molecule has 0 saturated carbocycles. The van der Waals surface area contributed by atoms with E-state index in [1.807, 2.05) is 34.0 Å². The Morgan fingerprint density at radius 2 is 0.941 bits per heavy atom. The van der Waals surface area contributed by atoms with Crippen LogP contribution in [-0.2, 0) is 0 Å². The van der Waals surface area contributed by atoms with Crippen molar-refractivity contribution in [1.29, 1.82) is 0 Å². The van der Waals surface area contributed by atoms with Crippen LogP contribution < -0.4 is 0 Å². The van der Waals surface area contributed by atoms with Crippen molar-refractivity contribution in [3.8, 4) is 22.3 Å². The molecule has 51 heavy (non-hydrogen) atoms. The fourth-order valence-electron chi connectivity index (χ4n) is 8.22. The van der Waals surface area contributed by atoms with Gasteiger partial charge in [0.2, 0.25) is 0 Å². The Morgan fingerprint density at radius 3 is 1.59 bits per heavy atom. The van der Waals surface area contributed by atoms with Gasteiger partial charge in [-0.05, 0) is 87.8 Å². The summed E-state index contributed by atoms with van der Waals surface area (Å²) in [6, 6.07) is 54.6. The number of hydrogen-bond acceptors (Lipinski definition) is 3. The Morgan fingerprint density at radius 1 is 0.412 bits per heavy atom. The number of allylic oxidation sites excluding steroid dienone is 4. The zero-order valence-corrected chi connectivity index (χ0v) is 30.0. The van der Waals surface area contributed by atoms with Gasteiger partial charge in [-0.15, -0.1) is 34.0 Å². The minimum absolute atomic E-state index is 0.263. The Labute approximate surface area is 307 Å². The monoisotopic (exact) mass is 702 g/mol. The number of fused-ring (bicyclic) bond motifs is 9. The van der Waals surface area contributed by atoms with Gasteiger partial charge in [-0.1, -0.05) is 121 Å². The van der Waals surface area contributed by atoms with E-state index in [1.54, 1.807) is 0 Å². The van der Waals surface area contributed by atoms with Gasteiger partial charge in [0.15, 0.2) is 0 Å². The molecular formula is C48H30S3. The first-order valence-corrected chi connectivity index (χ1v) is 20.0. The maximum absolute atomic E-state index is 2.51. The Bertz CT molecular complexity index is 2940. The molecule has 3 aromatic heterocycles. The Hall–Kier alpha value is -5.32. The van der Waals surface area contributed by atoms with Crippen molar-refractivity contribution in [2.75, 3.05) is 0 Å². The zero-order chi connectivity index (χ0) is 33.5. The van der Waals surface area contributed by atoms with Crippen molar-refractivity contribution in [2.24, 2.45) is 0 Å². The molecule has 0 spiro atoms. The summed E-state index contributed by atoms with van der Waals surface area (Å²) < 4.78 is 8.05. The molecule has 3 heteroatoms. The van der Waals surface area contributed by atoms with Crippen LogP contribution in [-0.4, -0.2) is 0 Å². The van der Waals surface area contributed by atoms with Gasteiger partial charge in [0.1, 0.15) is 0 Å². The van der Waals surface area contributed by atoms with Gasteiger partial charge in [-0.2, -0.15) is 0 Å². The van der Waals surface area contributed by atoms with Crippen LogP contribution in [0.25, 0.3) is 88.3 Å². The molecule has 0 aliphatic heterocycles. The summed E-state index contributed by atoms with van der Waals surface area (Å²) in [6.45, 7) is 0. The second kappa shape index (κ2) is 11.6. The fourth-order valence-corrected chi connectivity index (χ4v) is 11.6. The number of benzene rings is 7. The second-order valence-electron chi connectivity index (χ2n) is 13.6. The fraction of sp³-hybridized carbons (Fsp3) is 0.0417. The van der Waals surface area contributed by atoms with Crippen LogP contribution >= 0.6 is 34.0 Å². The van der Waals surface area contributed by atoms with Crippen LogP contribution in [0.5, 0.6) is 0 Å². The van der Waals surface area contributed by atoms with Crippen LogP contribution in [0.3, 0.4) is 0 Å². The summed E-state index contributed by atoms with van der Waals surface area (Å²) >= 11 is 5.67. The van der Waals surface area contributed by atoms with Gasteiger partial charge in [0.05, 0.1) is 0 Å². The van der Waals surface area contributed by atoms with Crippen molar-refractivity contribution in [1.82, 2.24) is 0 Å². The van der Waals surface area contributed by atoms with Crippen LogP contribution in [0.2, 0.25) is 0 Å². The lowest BCUT2D eigenvalue weighted by atomic mass is 9.84. The van der Waals surface area contributed by atoms with E-state index in [9.17, 15) is 0 Å². The molecule has 3 heterocycles. The summed E-state index contributed by atoms with van der Waals surface area (Å²) in [5.74, 6) is 0.263. The first-order valence-electron chi connectivity index (χ1n) is 17.5. The van der Waals surface area contributed by atoms with E-state index < -0.39 is 0 Å². The quantitative estimate of drug-likeness (QED) is 0.171. The summed E-state index contributed by atoms with van der Waals surface area (Å²) in [6.07, 6.45) is 8.20. The zero-order valence-electron chi connectivity index (χ0n) is 27.6. The number of rotatable bonds is 4. The highest BCUT2D eigenvalue weighted by atomic mass is 32.1. The first-order chi connectivity index (χ1) is 25.2. The lowest BCUT2D eigenvalue weighted by Crippen LogP contribution is -2.01. The van der Waals surface area contributed by atoms with E-state index in [1.165, 1.54) is 99.5 Å². The summed E-state index contributed by atoms with van der Waals surface area (Å²) in [7, 11) is 0. The molecule has 1 aliphatic carbocycles. The van der Waals surface area contributed by atoms with Crippen molar-refractivity contribution >= 4 is 100 Å². The summed E-state index contributed by atoms with van der Waals surface area (Å²) in [4.78, 5) is 0. The van der Waals surface area contributed by atoms with Crippen LogP contribution in [0.15, 0.2) is 164 Å². The average molecular weight is 703 g/mol. The largest absolute Gasteiger partial charge is 0.135 e. The number of thiophene rings is 3. The Balaban J connectivity index is 1.12. The standard InChI is InChI=1S/C48H30S3/c1-4-17-41-37(12-1)38-23-22-31(28-46(38)51-41)29-10-7-11-30(24-29)32-25-33(35-15-8-20-44-47(35)39-13-2-5-18-42(39)49-44)27-34(26-32)36-16-9-21-45-48(36)40-14-3-6-19-43(40)50-45/h1-10,12-28,30H,11H2. The van der Waals surface area contributed by atoms with Crippen molar-refractivity contribution in [3.05, 3.63) is 175 Å². The molecule has 1 atom stereocenters. The van der Waals surface area contributed by atoms with E-state index in [0.29, 0.717) is 0 Å². The van der Waals surface area contributed by atoms with E-state index in [0.717, 1.165) is 6.42 Å². The molecule has 10 aromatic rings. The molecule has 240 valence electrons. The molecule has 1 aliphatic rings. The van der Waals surface area contributed by atoms with Gasteiger partial charge < -0.3 is 0 Å². The molecule has 11 rings (SSSR count). The Kier molecular flexibility index (Phi) is 6.70. The molecule has 0 nitrogen and oxygen atoms in total. The molecule has 1 unspecified atom stereocenters. The topological polar surface area (TPSA) is 0 Å². The predicted octanol–water partition coefficient (Wildman–Crippen LogP) is 15.3. The minimum Gasteiger partial charge on any atom is -0.135 e.